The van der Waals surface area contributed by atoms with Crippen LogP contribution < -0.4 is 4.90 Å². The Kier molecular flexibility index (Phi) is 5.30. The van der Waals surface area contributed by atoms with E-state index in [1.54, 1.807) is 12.1 Å². The van der Waals surface area contributed by atoms with E-state index in [1.807, 2.05) is 6.07 Å². The number of morpholine rings is 1. The van der Waals surface area contributed by atoms with Gasteiger partial charge in [-0.05, 0) is 31.5 Å². The summed E-state index contributed by atoms with van der Waals surface area (Å²) in [5.41, 5.74) is 2.06. The SMILES string of the molecule is [C-]#[N+]c1c(N2[C@H](C)COC[C@@H]2C)sc(-c2ncn[nH]2)c1-c1ccc(Cl)cc1Cl. The molecule has 0 saturated carbocycles. The van der Waals surface area contributed by atoms with E-state index in [2.05, 4.69) is 38.8 Å². The average Bonchev–Trinajstić information content (AvgIpc) is 3.29. The molecule has 2 atom stereocenters. The predicted molar refractivity (Wildman–Crippen MR) is 114 cm³/mol. The van der Waals surface area contributed by atoms with Crippen molar-refractivity contribution in [3.63, 3.8) is 0 Å². The summed E-state index contributed by atoms with van der Waals surface area (Å²) >= 11 is 14.1. The summed E-state index contributed by atoms with van der Waals surface area (Å²) in [7, 11) is 0. The third kappa shape index (κ3) is 3.27. The minimum atomic E-state index is 0.152. The van der Waals surface area contributed by atoms with Gasteiger partial charge < -0.3 is 9.64 Å². The molecule has 28 heavy (non-hydrogen) atoms. The first-order valence-corrected chi connectivity index (χ1v) is 10.3. The minimum absolute atomic E-state index is 0.152. The van der Waals surface area contributed by atoms with Crippen LogP contribution in [0.1, 0.15) is 13.8 Å². The van der Waals surface area contributed by atoms with E-state index in [-0.39, 0.29) is 12.1 Å². The molecule has 0 aliphatic carbocycles. The second-order valence-corrected chi connectivity index (χ2v) is 8.52. The number of hydrogen-bond acceptors (Lipinski definition) is 5. The maximum absolute atomic E-state index is 7.93. The van der Waals surface area contributed by atoms with E-state index >= 15 is 0 Å². The third-order valence-electron chi connectivity index (χ3n) is 4.71. The molecule has 3 heterocycles. The number of thiophene rings is 1. The summed E-state index contributed by atoms with van der Waals surface area (Å²) in [4.78, 5) is 11.3. The van der Waals surface area contributed by atoms with Gasteiger partial charge in [0.25, 0.3) is 0 Å². The molecule has 2 aromatic heterocycles. The molecule has 0 unspecified atom stereocenters. The summed E-state index contributed by atoms with van der Waals surface area (Å²) in [5.74, 6) is 0.607. The molecule has 3 aromatic rings. The van der Waals surface area contributed by atoms with Gasteiger partial charge in [0, 0.05) is 27.7 Å². The summed E-state index contributed by atoms with van der Waals surface area (Å²) in [6.45, 7) is 13.4. The number of aromatic nitrogens is 3. The van der Waals surface area contributed by atoms with Gasteiger partial charge in [-0.15, -0.1) is 11.3 Å². The quantitative estimate of drug-likeness (QED) is 0.540. The monoisotopic (exact) mass is 433 g/mol. The highest BCUT2D eigenvalue weighted by Gasteiger charge is 2.33. The number of halogens is 2. The van der Waals surface area contributed by atoms with Gasteiger partial charge in [0.1, 0.15) is 6.33 Å². The Morgan fingerprint density at radius 3 is 2.64 bits per heavy atom. The Morgan fingerprint density at radius 1 is 1.29 bits per heavy atom. The summed E-state index contributed by atoms with van der Waals surface area (Å²) in [6.07, 6.45) is 1.46. The van der Waals surface area contributed by atoms with E-state index in [4.69, 9.17) is 34.5 Å². The largest absolute Gasteiger partial charge is 0.377 e. The maximum Gasteiger partial charge on any atom is 0.229 e. The maximum atomic E-state index is 7.93. The van der Waals surface area contributed by atoms with Crippen LogP contribution >= 0.6 is 34.5 Å². The van der Waals surface area contributed by atoms with Crippen molar-refractivity contribution in [1.82, 2.24) is 15.2 Å². The van der Waals surface area contributed by atoms with E-state index in [0.29, 0.717) is 34.8 Å². The second kappa shape index (κ2) is 7.72. The van der Waals surface area contributed by atoms with Gasteiger partial charge in [-0.2, -0.15) is 5.10 Å². The molecule has 0 radical (unpaired) electrons. The molecule has 6 nitrogen and oxygen atoms in total. The van der Waals surface area contributed by atoms with Crippen LogP contribution in [0, 0.1) is 6.57 Å². The number of H-pyrrole nitrogens is 1. The zero-order chi connectivity index (χ0) is 19.8. The molecule has 1 N–H and O–H groups in total. The van der Waals surface area contributed by atoms with Crippen molar-refractivity contribution in [1.29, 1.82) is 0 Å². The zero-order valence-electron chi connectivity index (χ0n) is 15.2. The van der Waals surface area contributed by atoms with Crippen LogP contribution in [-0.2, 0) is 4.74 Å². The smallest absolute Gasteiger partial charge is 0.229 e. The van der Waals surface area contributed by atoms with Crippen molar-refractivity contribution < 1.29 is 4.74 Å². The van der Waals surface area contributed by atoms with Crippen LogP contribution in [0.3, 0.4) is 0 Å². The topological polar surface area (TPSA) is 58.4 Å². The Labute approximate surface area is 176 Å². The Hall–Kier alpha value is -2.11. The number of nitrogens with zero attached hydrogens (tertiary/aromatic N) is 4. The lowest BCUT2D eigenvalue weighted by atomic mass is 10.0. The highest BCUT2D eigenvalue weighted by atomic mass is 35.5. The van der Waals surface area contributed by atoms with Crippen LogP contribution in [-0.4, -0.2) is 40.5 Å². The third-order valence-corrected chi connectivity index (χ3v) is 6.46. The van der Waals surface area contributed by atoms with Gasteiger partial charge in [0.05, 0.1) is 29.7 Å². The molecule has 144 valence electrons. The number of rotatable bonds is 3. The molecule has 1 aliphatic heterocycles. The first-order valence-electron chi connectivity index (χ1n) is 8.72. The predicted octanol–water partition coefficient (Wildman–Crippen LogP) is 5.67. The Morgan fingerprint density at radius 2 is 2.04 bits per heavy atom. The van der Waals surface area contributed by atoms with E-state index in [9.17, 15) is 0 Å². The molecule has 1 aliphatic rings. The fourth-order valence-corrected chi connectivity index (χ4v) is 5.43. The highest BCUT2D eigenvalue weighted by Crippen LogP contribution is 2.54. The number of anilines is 1. The summed E-state index contributed by atoms with van der Waals surface area (Å²) in [6, 6.07) is 5.61. The number of nitrogens with one attached hydrogen (secondary N) is 1. The van der Waals surface area contributed by atoms with Crippen molar-refractivity contribution in [2.45, 2.75) is 25.9 Å². The van der Waals surface area contributed by atoms with Gasteiger partial charge in [0.2, 0.25) is 5.69 Å². The molecule has 1 saturated heterocycles. The molecule has 1 aromatic carbocycles. The average molecular weight is 434 g/mol. The number of benzene rings is 1. The standard InChI is InChI=1S/C19H17Cl2N5OS/c1-10-7-27-8-11(2)26(10)19-16(22-3)15(13-5-4-12(20)6-14(13)21)17(28-19)18-23-9-24-25-18/h4-6,9-11H,7-8H2,1-2H3,(H,23,24,25)/t10-,11+. The number of ether oxygens (including phenoxy) is 1. The van der Waals surface area contributed by atoms with Gasteiger partial charge in [-0.25, -0.2) is 9.83 Å². The van der Waals surface area contributed by atoms with E-state index in [1.165, 1.54) is 17.7 Å². The van der Waals surface area contributed by atoms with Crippen molar-refractivity contribution in [3.05, 3.63) is 46.0 Å². The Bertz CT molecular complexity index is 1030. The molecule has 9 heteroatoms. The number of hydrogen-bond donors (Lipinski definition) is 1. The van der Waals surface area contributed by atoms with Crippen molar-refractivity contribution in [3.8, 4) is 21.8 Å². The molecular weight excluding hydrogens is 417 g/mol. The normalized spacial score (nSPS) is 19.6. The summed E-state index contributed by atoms with van der Waals surface area (Å²) < 4.78 is 5.67. The minimum Gasteiger partial charge on any atom is -0.377 e. The molecule has 1 fully saturated rings. The first kappa shape index (κ1) is 19.2. The molecule has 0 spiro atoms. The Balaban J connectivity index is 1.99. The second-order valence-electron chi connectivity index (χ2n) is 6.67. The zero-order valence-corrected chi connectivity index (χ0v) is 17.6. The van der Waals surface area contributed by atoms with Crippen molar-refractivity contribution >= 4 is 45.2 Å². The van der Waals surface area contributed by atoms with Crippen molar-refractivity contribution in [2.75, 3.05) is 18.1 Å². The van der Waals surface area contributed by atoms with Gasteiger partial charge >= 0.3 is 0 Å². The van der Waals surface area contributed by atoms with Gasteiger partial charge in [-0.1, -0.05) is 29.3 Å². The lowest BCUT2D eigenvalue weighted by Gasteiger charge is -2.40. The van der Waals surface area contributed by atoms with E-state index < -0.39 is 0 Å². The summed E-state index contributed by atoms with van der Waals surface area (Å²) in [5, 5.41) is 8.83. The first-order chi connectivity index (χ1) is 13.5. The highest BCUT2D eigenvalue weighted by molar-refractivity contribution is 7.20. The molecule has 0 bridgehead atoms. The van der Waals surface area contributed by atoms with Crippen LogP contribution in [0.15, 0.2) is 24.5 Å². The van der Waals surface area contributed by atoms with Crippen LogP contribution in [0.2, 0.25) is 10.0 Å². The molecule has 4 rings (SSSR count). The van der Waals surface area contributed by atoms with Gasteiger partial charge in [0.15, 0.2) is 5.82 Å². The van der Waals surface area contributed by atoms with Crippen LogP contribution in [0.4, 0.5) is 10.7 Å². The van der Waals surface area contributed by atoms with Crippen molar-refractivity contribution in [2.24, 2.45) is 0 Å². The van der Waals surface area contributed by atoms with Crippen LogP contribution in [0.25, 0.3) is 26.7 Å². The molecular formula is C19H17Cl2N5OS. The van der Waals surface area contributed by atoms with E-state index in [0.717, 1.165) is 21.0 Å². The fraction of sp³-hybridized carbons (Fsp3) is 0.316. The van der Waals surface area contributed by atoms with Crippen LogP contribution in [0.5, 0.6) is 0 Å². The number of aromatic amines is 1. The fourth-order valence-electron chi connectivity index (χ4n) is 3.52. The molecule has 0 amide bonds. The van der Waals surface area contributed by atoms with Gasteiger partial charge in [-0.3, -0.25) is 5.10 Å². The lowest BCUT2D eigenvalue weighted by molar-refractivity contribution is 0.0761. The lowest BCUT2D eigenvalue weighted by Crippen LogP contribution is -2.49.